The Morgan fingerprint density at radius 3 is 1.94 bits per heavy atom. The Kier molecular flexibility index (Phi) is 6.32. The van der Waals surface area contributed by atoms with Gasteiger partial charge in [-0.1, -0.05) is 115 Å². The summed E-state index contributed by atoms with van der Waals surface area (Å²) in [6.07, 6.45) is -0.286. The van der Waals surface area contributed by atoms with E-state index in [2.05, 4.69) is 143 Å². The van der Waals surface area contributed by atoms with Gasteiger partial charge in [0.15, 0.2) is 5.84 Å². The van der Waals surface area contributed by atoms with E-state index in [9.17, 15) is 0 Å². The van der Waals surface area contributed by atoms with Crippen molar-refractivity contribution in [1.29, 1.82) is 0 Å². The SMILES string of the molecule is c1ccc(C2=NC(c3ccccc3)NC(c3cc(-n4c5ccccc5c5c6c(ccc54)sc4ccccc46)cc4sc5ccccc5c34)=N2)cc1. The van der Waals surface area contributed by atoms with Crippen LogP contribution in [0.1, 0.15) is 22.9 Å². The van der Waals surface area contributed by atoms with Crippen molar-refractivity contribution < 1.29 is 0 Å². The van der Waals surface area contributed by atoms with E-state index in [0.717, 1.165) is 34.0 Å². The third kappa shape index (κ3) is 4.43. The quantitative estimate of drug-likeness (QED) is 0.196. The normalized spacial score (nSPS) is 14.9. The molecule has 0 amide bonds. The van der Waals surface area contributed by atoms with Crippen LogP contribution in [0.25, 0.3) is 67.8 Å². The summed E-state index contributed by atoms with van der Waals surface area (Å²) in [5, 5.41) is 11.4. The molecule has 1 unspecified atom stereocenters. The zero-order valence-electron chi connectivity index (χ0n) is 27.2. The average molecular weight is 689 g/mol. The third-order valence-corrected chi connectivity index (χ3v) is 12.3. The number of nitrogens with one attached hydrogen (secondary N) is 1. The molecule has 0 spiro atoms. The molecule has 0 bridgehead atoms. The topological polar surface area (TPSA) is 41.7 Å². The summed E-state index contributed by atoms with van der Waals surface area (Å²) < 4.78 is 7.56. The molecule has 4 heterocycles. The first-order chi connectivity index (χ1) is 25.3. The van der Waals surface area contributed by atoms with Crippen molar-refractivity contribution in [2.75, 3.05) is 0 Å². The lowest BCUT2D eigenvalue weighted by Gasteiger charge is -2.24. The maximum absolute atomic E-state index is 5.30. The minimum absolute atomic E-state index is 0.286. The van der Waals surface area contributed by atoms with Crippen molar-refractivity contribution in [3.05, 3.63) is 174 Å². The minimum Gasteiger partial charge on any atom is -0.344 e. The lowest BCUT2D eigenvalue weighted by atomic mass is 10.0. The zero-order chi connectivity index (χ0) is 33.5. The number of aromatic nitrogens is 1. The molecule has 0 aliphatic carbocycles. The third-order valence-electron chi connectivity index (χ3n) is 10.0. The second kappa shape index (κ2) is 11.2. The maximum Gasteiger partial charge on any atom is 0.159 e. The van der Waals surface area contributed by atoms with Crippen molar-refractivity contribution >= 4 is 96.5 Å². The van der Waals surface area contributed by atoms with Crippen LogP contribution in [0, 0.1) is 0 Å². The monoisotopic (exact) mass is 688 g/mol. The first kappa shape index (κ1) is 28.7. The van der Waals surface area contributed by atoms with Gasteiger partial charge in [0.05, 0.1) is 11.0 Å². The number of para-hydroxylation sites is 1. The van der Waals surface area contributed by atoms with Crippen LogP contribution >= 0.6 is 22.7 Å². The standard InChI is InChI=1S/C45H28N4S2/c1-3-13-27(14-4-1)43-46-44(28-15-5-2-6-16-28)48-45(47-43)33-25-29(26-39-40(33)31-18-8-11-21-36(31)51-39)49-34-20-10-7-17-30(34)41-35(49)23-24-38-42(41)32-19-9-12-22-37(32)50-38/h1-26,43H,(H,46,47,48). The van der Waals surface area contributed by atoms with Crippen LogP contribution in [0.5, 0.6) is 0 Å². The predicted octanol–water partition coefficient (Wildman–Crippen LogP) is 12.0. The molecule has 0 fully saturated rings. The number of thiophene rings is 2. The van der Waals surface area contributed by atoms with Gasteiger partial charge in [0.25, 0.3) is 0 Å². The second-order valence-corrected chi connectivity index (χ2v) is 15.2. The van der Waals surface area contributed by atoms with E-state index in [1.807, 2.05) is 46.9 Å². The van der Waals surface area contributed by atoms with Crippen LogP contribution in [-0.2, 0) is 0 Å². The molecular weight excluding hydrogens is 661 g/mol. The first-order valence-corrected chi connectivity index (χ1v) is 18.7. The van der Waals surface area contributed by atoms with E-state index < -0.39 is 0 Å². The van der Waals surface area contributed by atoms with Gasteiger partial charge in [0.1, 0.15) is 12.0 Å². The molecule has 3 aromatic heterocycles. The van der Waals surface area contributed by atoms with Crippen LogP contribution < -0.4 is 5.32 Å². The fourth-order valence-corrected chi connectivity index (χ4v) is 10.1. The summed E-state index contributed by atoms with van der Waals surface area (Å²) in [6.45, 7) is 0. The van der Waals surface area contributed by atoms with Crippen LogP contribution in [0.3, 0.4) is 0 Å². The van der Waals surface area contributed by atoms with E-state index in [0.29, 0.717) is 0 Å². The summed E-state index contributed by atoms with van der Waals surface area (Å²) in [5.41, 5.74) is 6.65. The highest BCUT2D eigenvalue weighted by molar-refractivity contribution is 7.26. The highest BCUT2D eigenvalue weighted by Crippen LogP contribution is 2.45. The van der Waals surface area contributed by atoms with E-state index >= 15 is 0 Å². The molecule has 1 aliphatic heterocycles. The van der Waals surface area contributed by atoms with Crippen LogP contribution in [0.15, 0.2) is 168 Å². The molecule has 0 saturated heterocycles. The summed E-state index contributed by atoms with van der Waals surface area (Å²) in [5.74, 6) is 1.54. The Morgan fingerprint density at radius 2 is 1.16 bits per heavy atom. The molecule has 1 atom stereocenters. The van der Waals surface area contributed by atoms with Crippen molar-refractivity contribution in [2.45, 2.75) is 6.17 Å². The van der Waals surface area contributed by atoms with E-state index in [-0.39, 0.29) is 6.17 Å². The Bertz CT molecular complexity index is 3060. The number of hydrogen-bond donors (Lipinski definition) is 1. The van der Waals surface area contributed by atoms with Gasteiger partial charge in [-0.25, -0.2) is 9.98 Å². The molecule has 51 heavy (non-hydrogen) atoms. The molecule has 10 aromatic rings. The largest absolute Gasteiger partial charge is 0.344 e. The van der Waals surface area contributed by atoms with E-state index in [4.69, 9.17) is 9.98 Å². The number of nitrogens with zero attached hydrogens (tertiary/aromatic N) is 3. The number of aliphatic imine (C=N–C) groups is 2. The molecule has 0 saturated carbocycles. The number of rotatable bonds is 4. The van der Waals surface area contributed by atoms with Crippen molar-refractivity contribution in [1.82, 2.24) is 9.88 Å². The van der Waals surface area contributed by atoms with Gasteiger partial charge in [0, 0.05) is 67.9 Å². The molecular formula is C45H28N4S2. The molecule has 7 aromatic carbocycles. The van der Waals surface area contributed by atoms with Gasteiger partial charge in [-0.15, -0.1) is 22.7 Å². The molecule has 240 valence electrons. The molecule has 1 N–H and O–H groups in total. The van der Waals surface area contributed by atoms with Crippen LogP contribution in [0.4, 0.5) is 0 Å². The molecule has 4 nitrogen and oxygen atoms in total. The molecule has 0 radical (unpaired) electrons. The number of hydrogen-bond acceptors (Lipinski definition) is 5. The number of benzene rings is 7. The summed E-state index contributed by atoms with van der Waals surface area (Å²) in [6, 6.07) is 56.4. The Morgan fingerprint density at radius 1 is 0.510 bits per heavy atom. The predicted molar refractivity (Wildman–Crippen MR) is 218 cm³/mol. The number of amidine groups is 2. The van der Waals surface area contributed by atoms with Crippen LogP contribution in [-0.4, -0.2) is 16.2 Å². The average Bonchev–Trinajstić information content (AvgIpc) is 3.87. The molecule has 1 aliphatic rings. The minimum atomic E-state index is -0.286. The van der Waals surface area contributed by atoms with Gasteiger partial charge in [-0.2, -0.15) is 0 Å². The molecule has 6 heteroatoms. The number of fused-ring (bicyclic) bond motifs is 10. The smallest absolute Gasteiger partial charge is 0.159 e. The summed E-state index contributed by atoms with van der Waals surface area (Å²) in [7, 11) is 0. The van der Waals surface area contributed by atoms with E-state index in [1.54, 1.807) is 0 Å². The Labute approximate surface area is 301 Å². The van der Waals surface area contributed by atoms with Gasteiger partial charge >= 0.3 is 0 Å². The fraction of sp³-hybridized carbons (Fsp3) is 0.0222. The summed E-state index contributed by atoms with van der Waals surface area (Å²) in [4.78, 5) is 10.4. The van der Waals surface area contributed by atoms with Gasteiger partial charge in [-0.05, 0) is 48.0 Å². The van der Waals surface area contributed by atoms with Crippen LogP contribution in [0.2, 0.25) is 0 Å². The lowest BCUT2D eigenvalue weighted by molar-refractivity contribution is 0.674. The Balaban J connectivity index is 1.22. The lowest BCUT2D eigenvalue weighted by Crippen LogP contribution is -2.33. The van der Waals surface area contributed by atoms with Crippen molar-refractivity contribution in [3.8, 4) is 5.69 Å². The second-order valence-electron chi connectivity index (χ2n) is 13.0. The van der Waals surface area contributed by atoms with Gasteiger partial charge < -0.3 is 9.88 Å². The van der Waals surface area contributed by atoms with Gasteiger partial charge in [0.2, 0.25) is 0 Å². The molecule has 11 rings (SSSR count). The first-order valence-electron chi connectivity index (χ1n) is 17.1. The van der Waals surface area contributed by atoms with Gasteiger partial charge in [-0.3, -0.25) is 0 Å². The Hall–Kier alpha value is -6.08. The highest BCUT2D eigenvalue weighted by Gasteiger charge is 2.25. The fourth-order valence-electron chi connectivity index (χ4n) is 7.82. The van der Waals surface area contributed by atoms with Crippen molar-refractivity contribution in [3.63, 3.8) is 0 Å². The zero-order valence-corrected chi connectivity index (χ0v) is 28.9. The highest BCUT2D eigenvalue weighted by atomic mass is 32.1. The maximum atomic E-state index is 5.30. The van der Waals surface area contributed by atoms with Crippen molar-refractivity contribution in [2.24, 2.45) is 9.98 Å². The van der Waals surface area contributed by atoms with E-state index in [1.165, 1.54) is 62.2 Å². The summed E-state index contributed by atoms with van der Waals surface area (Å²) >= 11 is 3.71.